The number of nitrogens with zero attached hydrogens (tertiary/aromatic N) is 4. The molecule has 0 fully saturated rings. The number of hydrogen-bond donors (Lipinski definition) is 8. The Kier molecular flexibility index (Phi) is 33.2. The lowest BCUT2D eigenvalue weighted by Gasteiger charge is -2.29. The van der Waals surface area contributed by atoms with Gasteiger partial charge < -0.3 is 98.7 Å². The van der Waals surface area contributed by atoms with Gasteiger partial charge in [-0.25, -0.2) is 19.2 Å². The Morgan fingerprint density at radius 3 is 0.771 bits per heavy atom. The largest absolute Gasteiger partial charge is 0.573 e. The van der Waals surface area contributed by atoms with Gasteiger partial charge in [-0.2, -0.15) is 34.0 Å². The summed E-state index contributed by atoms with van der Waals surface area (Å²) in [5.41, 5.74) is 8.15. The van der Waals surface area contributed by atoms with Gasteiger partial charge in [0.2, 0.25) is 0 Å². The van der Waals surface area contributed by atoms with Gasteiger partial charge in [0.25, 0.3) is 23.6 Å². The summed E-state index contributed by atoms with van der Waals surface area (Å²) in [5.74, 6) is -2.48. The summed E-state index contributed by atoms with van der Waals surface area (Å²) < 4.78 is 199. The molecule has 0 radical (unpaired) electrons. The molecule has 15 rings (SSSR count). The summed E-state index contributed by atoms with van der Waals surface area (Å²) >= 11 is 6.49. The van der Waals surface area contributed by atoms with Gasteiger partial charge in [-0.05, 0) is 261 Å². The minimum absolute atomic E-state index is 0.145. The Hall–Kier alpha value is -12.9. The fourth-order valence-electron chi connectivity index (χ4n) is 15.8. The molecule has 8 N–H and O–H groups in total. The second-order valence-electron chi connectivity index (χ2n) is 36.3. The molecule has 750 valence electrons. The number of rotatable bonds is 23. The van der Waals surface area contributed by atoms with Crippen molar-refractivity contribution in [1.29, 1.82) is 0 Å². The molecule has 8 amide bonds. The van der Waals surface area contributed by atoms with Crippen LogP contribution in [0.4, 0.5) is 71.9 Å². The van der Waals surface area contributed by atoms with Gasteiger partial charge in [-0.3, -0.25) is 19.2 Å². The molecule has 0 saturated heterocycles. The number of ether oxygens (including phenoxy) is 8. The first-order valence-electron chi connectivity index (χ1n) is 43.8. The lowest BCUT2D eigenvalue weighted by Crippen LogP contribution is -2.41. The van der Waals surface area contributed by atoms with E-state index in [-0.39, 0.29) is 70.8 Å². The molecular formula is C96H101F12IN12O16S3. The Morgan fingerprint density at radius 1 is 0.329 bits per heavy atom. The summed E-state index contributed by atoms with van der Waals surface area (Å²) in [5, 5.41) is 33.8. The summed E-state index contributed by atoms with van der Waals surface area (Å²) in [4.78, 5) is 98.9. The number of benzene rings is 4. The standard InChI is InChI=1S/3C25H26F3N3O4S.C21H23F3IN3O4/c3*1-24(2,3)35-23(33)29-9-7-17-13-30-22(32)20-12-19(21(31(17)20)16-8-10-36-14-16)15-5-4-6-18(11-15)34-25(26,27)28;1-20(2,3)32-19(30)26-8-7-13-11-27-18(29)16-10-15(17(25)28(13)16)12-5-4-6-14(9-12)31-21(22,23)24/h3*4-6,8,10-12,14,17H,7,9,13H2,1-3H3,(H,29,33)(H,30,32);4-6,9-10,13H,7-8,11H2,1-3H3,(H,26,30)(H,27,29)/t2*17-;;/m10../s1. The number of nitrogens with one attached hydrogen (secondary N) is 8. The van der Waals surface area contributed by atoms with Gasteiger partial charge >= 0.3 is 49.8 Å². The first-order valence-corrected chi connectivity index (χ1v) is 47.7. The topological polar surface area (TPSA) is 326 Å². The number of thiophene rings is 3. The molecule has 4 aliphatic rings. The summed E-state index contributed by atoms with van der Waals surface area (Å²) in [6.07, 6.45) is -19.4. The molecule has 11 aromatic rings. The number of aromatic nitrogens is 4. The molecule has 2 unspecified atom stereocenters. The number of carbonyl (C=O) groups is 8. The second kappa shape index (κ2) is 43.9. The van der Waals surface area contributed by atoms with Crippen molar-refractivity contribution in [3.63, 3.8) is 0 Å². The predicted octanol–water partition coefficient (Wildman–Crippen LogP) is 22.8. The van der Waals surface area contributed by atoms with Crippen molar-refractivity contribution in [2.75, 3.05) is 52.4 Å². The number of amides is 8. The van der Waals surface area contributed by atoms with Crippen LogP contribution in [0, 0.1) is 3.70 Å². The lowest BCUT2D eigenvalue weighted by atomic mass is 10.0. The zero-order valence-corrected chi connectivity index (χ0v) is 82.1. The van der Waals surface area contributed by atoms with Crippen LogP contribution < -0.4 is 61.5 Å². The van der Waals surface area contributed by atoms with Crippen molar-refractivity contribution in [2.45, 2.75) is 181 Å². The molecule has 0 saturated carbocycles. The van der Waals surface area contributed by atoms with E-state index in [1.54, 1.807) is 132 Å². The van der Waals surface area contributed by atoms with Gasteiger partial charge in [0.15, 0.2) is 0 Å². The molecule has 140 heavy (non-hydrogen) atoms. The molecule has 0 spiro atoms. The molecule has 44 heteroatoms. The normalized spacial score (nSPS) is 15.8. The van der Waals surface area contributed by atoms with Crippen LogP contribution in [-0.2, 0) is 18.9 Å². The van der Waals surface area contributed by atoms with E-state index in [0.717, 1.165) is 16.7 Å². The fraction of sp³-hybridized carbons (Fsp3) is 0.375. The third-order valence-electron chi connectivity index (χ3n) is 20.9. The lowest BCUT2D eigenvalue weighted by molar-refractivity contribution is -0.275. The van der Waals surface area contributed by atoms with Crippen molar-refractivity contribution < 1.29 is 129 Å². The van der Waals surface area contributed by atoms with E-state index in [1.807, 2.05) is 68.7 Å². The SMILES string of the molecule is CC(C)(C)OC(=O)NCCC1CNC(=O)c2cc(-c3cccc(OC(F)(F)F)c3)c(-c3ccsc3)n21.CC(C)(C)OC(=O)NCCC1CNC(=O)c2cc(-c3cccc(OC(F)(F)F)c3)c(I)n21.CC(C)(C)OC(=O)NCC[C@@H]1CNC(=O)c2cc(-c3cccc(OC(F)(F)F)c3)c(-c3ccsc3)n21.CC(C)(C)OC(=O)NCC[C@H]1CNC(=O)c2cc(-c3cccc(OC(F)(F)F)c3)c(-c3ccsc3)n21. The molecule has 4 atom stereocenters. The molecule has 0 bridgehead atoms. The molecule has 7 aromatic heterocycles. The predicted molar refractivity (Wildman–Crippen MR) is 510 cm³/mol. The highest BCUT2D eigenvalue weighted by Crippen LogP contribution is 2.47. The van der Waals surface area contributed by atoms with Crippen molar-refractivity contribution in [1.82, 2.24) is 60.8 Å². The average molecular weight is 2130 g/mol. The van der Waals surface area contributed by atoms with E-state index in [4.69, 9.17) is 18.9 Å². The Morgan fingerprint density at radius 2 is 0.550 bits per heavy atom. The van der Waals surface area contributed by atoms with Crippen molar-refractivity contribution in [2.24, 2.45) is 0 Å². The maximum Gasteiger partial charge on any atom is 0.573 e. The molecule has 0 aliphatic carbocycles. The third kappa shape index (κ3) is 29.4. The monoisotopic (exact) mass is 2130 g/mol. The van der Waals surface area contributed by atoms with Crippen LogP contribution in [0.15, 0.2) is 172 Å². The number of hydrogen-bond acceptors (Lipinski definition) is 19. The molecule has 28 nitrogen and oxygen atoms in total. The van der Waals surface area contributed by atoms with Gasteiger partial charge in [0.05, 0.1) is 44.9 Å². The number of alkyl carbamates (subject to hydrolysis) is 4. The van der Waals surface area contributed by atoms with Crippen LogP contribution in [0.2, 0.25) is 0 Å². The second-order valence-corrected chi connectivity index (χ2v) is 39.6. The summed E-state index contributed by atoms with van der Waals surface area (Å²) in [7, 11) is 0. The number of halogens is 13. The van der Waals surface area contributed by atoms with E-state index in [0.29, 0.717) is 166 Å². The zero-order chi connectivity index (χ0) is 102. The number of carbonyl (C=O) groups excluding carboxylic acids is 8. The van der Waals surface area contributed by atoms with Crippen LogP contribution in [0.25, 0.3) is 78.3 Å². The minimum Gasteiger partial charge on any atom is -0.444 e. The quantitative estimate of drug-likeness (QED) is 0.0168. The molecular weight excluding hydrogens is 2030 g/mol. The highest BCUT2D eigenvalue weighted by molar-refractivity contribution is 14.1. The van der Waals surface area contributed by atoms with Crippen LogP contribution in [0.3, 0.4) is 0 Å². The van der Waals surface area contributed by atoms with Crippen molar-refractivity contribution >= 4 is 105 Å². The van der Waals surface area contributed by atoms with E-state index in [1.165, 1.54) is 107 Å². The van der Waals surface area contributed by atoms with E-state index < -0.39 is 72.2 Å². The van der Waals surface area contributed by atoms with Crippen LogP contribution in [0.1, 0.15) is 175 Å². The van der Waals surface area contributed by atoms with E-state index in [2.05, 4.69) is 84.1 Å². The van der Waals surface area contributed by atoms with Crippen LogP contribution in [0.5, 0.6) is 23.0 Å². The minimum atomic E-state index is -4.82. The maximum absolute atomic E-state index is 12.8. The average Bonchev–Trinajstić information content (AvgIpc) is 1.60. The molecule has 4 aromatic carbocycles. The van der Waals surface area contributed by atoms with Gasteiger partial charge in [-0.1, -0.05) is 48.5 Å². The number of fused-ring (bicyclic) bond motifs is 4. The fourth-order valence-corrected chi connectivity index (χ4v) is 18.8. The van der Waals surface area contributed by atoms with Gasteiger partial charge in [0.1, 0.15) is 68.2 Å². The van der Waals surface area contributed by atoms with Crippen molar-refractivity contribution in [3.05, 3.63) is 198 Å². The smallest absolute Gasteiger partial charge is 0.444 e. The van der Waals surface area contributed by atoms with E-state index >= 15 is 0 Å². The maximum atomic E-state index is 12.8. The zero-order valence-electron chi connectivity index (χ0n) is 77.5. The van der Waals surface area contributed by atoms with E-state index in [9.17, 15) is 91.0 Å². The van der Waals surface area contributed by atoms with Crippen LogP contribution in [-0.4, -0.2) is 166 Å². The molecule has 11 heterocycles. The summed E-state index contributed by atoms with van der Waals surface area (Å²) in [6, 6.07) is 34.4. The third-order valence-corrected chi connectivity index (χ3v) is 24.1. The molecule has 4 aliphatic heterocycles. The van der Waals surface area contributed by atoms with Crippen LogP contribution >= 0.6 is 56.6 Å². The van der Waals surface area contributed by atoms with Gasteiger partial charge in [-0.15, -0.1) is 52.7 Å². The highest BCUT2D eigenvalue weighted by atomic mass is 127. The number of alkyl halides is 12. The Balaban J connectivity index is 0.000000167. The Bertz CT molecular complexity index is 5780. The van der Waals surface area contributed by atoms with Crippen molar-refractivity contribution in [3.8, 4) is 101 Å². The highest BCUT2D eigenvalue weighted by Gasteiger charge is 2.40. The first-order chi connectivity index (χ1) is 65.6. The summed E-state index contributed by atoms with van der Waals surface area (Å²) in [6.45, 7) is 23.9. The van der Waals surface area contributed by atoms with Gasteiger partial charge in [0, 0.05) is 107 Å². The Labute approximate surface area is 821 Å². The first kappa shape index (κ1) is 106.